The number of fused-ring (bicyclic) bond motifs is 1. The Balaban J connectivity index is 1.89. The fourth-order valence-corrected chi connectivity index (χ4v) is 2.93. The highest BCUT2D eigenvalue weighted by Crippen LogP contribution is 2.31. The largest absolute Gasteiger partial charge is 0.435 e. The molecule has 0 bridgehead atoms. The summed E-state index contributed by atoms with van der Waals surface area (Å²) in [6.45, 7) is 2.20. The van der Waals surface area contributed by atoms with Gasteiger partial charge < -0.3 is 5.32 Å². The van der Waals surface area contributed by atoms with E-state index >= 15 is 0 Å². The number of rotatable bonds is 2. The first kappa shape index (κ1) is 14.2. The van der Waals surface area contributed by atoms with Crippen LogP contribution in [0.1, 0.15) is 38.3 Å². The molecular weight excluding hydrogens is 281 g/mol. The Hall–Kier alpha value is -1.79. The lowest BCUT2D eigenvalue weighted by Gasteiger charge is -2.27. The van der Waals surface area contributed by atoms with E-state index in [9.17, 15) is 13.2 Å². The molecule has 4 nitrogen and oxygen atoms in total. The Labute approximate surface area is 120 Å². The van der Waals surface area contributed by atoms with Gasteiger partial charge in [-0.25, -0.2) is 9.50 Å². The summed E-state index contributed by atoms with van der Waals surface area (Å²) < 4.78 is 39.5. The second-order valence-electron chi connectivity index (χ2n) is 5.75. The summed E-state index contributed by atoms with van der Waals surface area (Å²) >= 11 is 0. The number of hydrogen-bond acceptors (Lipinski definition) is 3. The van der Waals surface area contributed by atoms with Crippen molar-refractivity contribution >= 4 is 11.3 Å². The predicted molar refractivity (Wildman–Crippen MR) is 73.0 cm³/mol. The second-order valence-corrected chi connectivity index (χ2v) is 5.75. The van der Waals surface area contributed by atoms with Crippen molar-refractivity contribution in [2.75, 3.05) is 5.32 Å². The van der Waals surface area contributed by atoms with E-state index in [2.05, 4.69) is 22.3 Å². The average molecular weight is 298 g/mol. The maximum atomic E-state index is 12.8. The molecule has 2 atom stereocenters. The number of hydrogen-bond donors (Lipinski definition) is 1. The first-order valence-electron chi connectivity index (χ1n) is 7.11. The van der Waals surface area contributed by atoms with Crippen LogP contribution < -0.4 is 5.32 Å². The molecule has 0 saturated heterocycles. The van der Waals surface area contributed by atoms with Gasteiger partial charge in [0.25, 0.3) is 0 Å². The van der Waals surface area contributed by atoms with Crippen molar-refractivity contribution in [3.05, 3.63) is 24.2 Å². The van der Waals surface area contributed by atoms with Gasteiger partial charge in [-0.15, -0.1) is 0 Å². The first-order valence-corrected chi connectivity index (χ1v) is 7.11. The lowest BCUT2D eigenvalue weighted by molar-refractivity contribution is -0.141. The highest BCUT2D eigenvalue weighted by molar-refractivity contribution is 5.68. The third-order valence-corrected chi connectivity index (χ3v) is 3.96. The number of anilines is 1. The molecule has 1 N–H and O–H groups in total. The van der Waals surface area contributed by atoms with E-state index in [1.165, 1.54) is 23.3 Å². The molecule has 114 valence electrons. The molecule has 1 saturated carbocycles. The minimum Gasteiger partial charge on any atom is -0.366 e. The van der Waals surface area contributed by atoms with Gasteiger partial charge in [-0.3, -0.25) is 0 Å². The molecule has 21 heavy (non-hydrogen) atoms. The zero-order valence-electron chi connectivity index (χ0n) is 11.7. The number of aromatic nitrogens is 3. The molecule has 1 fully saturated rings. The van der Waals surface area contributed by atoms with Crippen LogP contribution in [0.15, 0.2) is 18.5 Å². The Morgan fingerprint density at radius 3 is 2.86 bits per heavy atom. The molecule has 2 heterocycles. The van der Waals surface area contributed by atoms with E-state index in [4.69, 9.17) is 0 Å². The molecule has 0 aromatic carbocycles. The molecule has 7 heteroatoms. The van der Waals surface area contributed by atoms with Crippen molar-refractivity contribution in [2.45, 2.75) is 44.8 Å². The maximum Gasteiger partial charge on any atom is 0.435 e. The molecule has 2 unspecified atom stereocenters. The summed E-state index contributed by atoms with van der Waals surface area (Å²) in [5, 5.41) is 6.84. The van der Waals surface area contributed by atoms with Crippen LogP contribution in [0.25, 0.3) is 5.52 Å². The second kappa shape index (κ2) is 5.20. The quantitative estimate of drug-likeness (QED) is 0.918. The molecule has 0 radical (unpaired) electrons. The Morgan fingerprint density at radius 2 is 2.14 bits per heavy atom. The van der Waals surface area contributed by atoms with E-state index < -0.39 is 11.9 Å². The van der Waals surface area contributed by atoms with Crippen molar-refractivity contribution in [3.8, 4) is 0 Å². The third-order valence-electron chi connectivity index (χ3n) is 3.96. The Kier molecular flexibility index (Phi) is 3.51. The SMILES string of the molecule is CC1CCCC(Nc2nccn3nc(C(F)(F)F)cc23)C1. The first-order chi connectivity index (χ1) is 9.93. The predicted octanol–water partition coefficient (Wildman–Crippen LogP) is 3.74. The molecule has 0 spiro atoms. The molecule has 1 aliphatic carbocycles. The number of nitrogens with one attached hydrogen (secondary N) is 1. The van der Waals surface area contributed by atoms with Crippen LogP contribution in [0.3, 0.4) is 0 Å². The highest BCUT2D eigenvalue weighted by atomic mass is 19.4. The summed E-state index contributed by atoms with van der Waals surface area (Å²) in [6.07, 6.45) is 2.84. The van der Waals surface area contributed by atoms with Gasteiger partial charge in [-0.2, -0.15) is 18.3 Å². The van der Waals surface area contributed by atoms with Gasteiger partial charge in [-0.05, 0) is 18.8 Å². The van der Waals surface area contributed by atoms with Gasteiger partial charge in [0.2, 0.25) is 0 Å². The molecule has 1 aliphatic rings. The van der Waals surface area contributed by atoms with E-state index in [0.29, 0.717) is 17.3 Å². The van der Waals surface area contributed by atoms with E-state index in [-0.39, 0.29) is 6.04 Å². The van der Waals surface area contributed by atoms with Crippen LogP contribution in [0.2, 0.25) is 0 Å². The summed E-state index contributed by atoms with van der Waals surface area (Å²) in [6, 6.07) is 1.30. The molecule has 3 rings (SSSR count). The van der Waals surface area contributed by atoms with Crippen LogP contribution in [0, 0.1) is 5.92 Å². The van der Waals surface area contributed by atoms with Crippen LogP contribution in [0.5, 0.6) is 0 Å². The zero-order valence-corrected chi connectivity index (χ0v) is 11.7. The Bertz CT molecular complexity index is 635. The lowest BCUT2D eigenvalue weighted by Crippen LogP contribution is -2.26. The summed E-state index contributed by atoms with van der Waals surface area (Å²) in [4.78, 5) is 4.18. The fraction of sp³-hybridized carbons (Fsp3) is 0.571. The van der Waals surface area contributed by atoms with Gasteiger partial charge in [0.05, 0.1) is 0 Å². The fourth-order valence-electron chi connectivity index (χ4n) is 2.93. The minimum atomic E-state index is -4.44. The van der Waals surface area contributed by atoms with E-state index in [1.807, 2.05) is 0 Å². The smallest absolute Gasteiger partial charge is 0.366 e. The Morgan fingerprint density at radius 1 is 1.33 bits per heavy atom. The van der Waals surface area contributed by atoms with E-state index in [1.54, 1.807) is 0 Å². The van der Waals surface area contributed by atoms with Crippen molar-refractivity contribution in [1.82, 2.24) is 14.6 Å². The molecule has 0 amide bonds. The van der Waals surface area contributed by atoms with E-state index in [0.717, 1.165) is 25.3 Å². The molecule has 2 aromatic heterocycles. The van der Waals surface area contributed by atoms with Crippen LogP contribution >= 0.6 is 0 Å². The lowest BCUT2D eigenvalue weighted by atomic mass is 9.87. The zero-order chi connectivity index (χ0) is 15.0. The highest BCUT2D eigenvalue weighted by Gasteiger charge is 2.34. The topological polar surface area (TPSA) is 42.2 Å². The van der Waals surface area contributed by atoms with Gasteiger partial charge in [0, 0.05) is 24.5 Å². The van der Waals surface area contributed by atoms with Gasteiger partial charge in [0.15, 0.2) is 11.5 Å². The normalized spacial score (nSPS) is 23.4. The van der Waals surface area contributed by atoms with Crippen LogP contribution in [-0.4, -0.2) is 20.6 Å². The summed E-state index contributed by atoms with van der Waals surface area (Å²) in [5.74, 6) is 1.10. The van der Waals surface area contributed by atoms with Gasteiger partial charge >= 0.3 is 6.18 Å². The number of nitrogens with zero attached hydrogens (tertiary/aromatic N) is 3. The molecule has 0 aliphatic heterocycles. The standard InChI is InChI=1S/C14H17F3N4/c1-9-3-2-4-10(7-9)19-13-11-8-12(14(15,16)17)20-21(11)6-5-18-13/h5-6,8-10H,2-4,7H2,1H3,(H,18,19). The van der Waals surface area contributed by atoms with Gasteiger partial charge in [-0.1, -0.05) is 19.8 Å². The van der Waals surface area contributed by atoms with Crippen molar-refractivity contribution in [2.24, 2.45) is 5.92 Å². The summed E-state index contributed by atoms with van der Waals surface area (Å²) in [7, 11) is 0. The van der Waals surface area contributed by atoms with Crippen molar-refractivity contribution < 1.29 is 13.2 Å². The number of halogens is 3. The van der Waals surface area contributed by atoms with Crippen LogP contribution in [-0.2, 0) is 6.18 Å². The minimum absolute atomic E-state index is 0.261. The van der Waals surface area contributed by atoms with Gasteiger partial charge in [0.1, 0.15) is 5.52 Å². The van der Waals surface area contributed by atoms with Crippen molar-refractivity contribution in [1.29, 1.82) is 0 Å². The average Bonchev–Trinajstić information content (AvgIpc) is 2.84. The maximum absolute atomic E-state index is 12.8. The van der Waals surface area contributed by atoms with Crippen LogP contribution in [0.4, 0.5) is 19.0 Å². The molecular formula is C14H17F3N4. The summed E-state index contributed by atoms with van der Waals surface area (Å²) in [5.41, 5.74) is -0.529. The van der Waals surface area contributed by atoms with Crippen molar-refractivity contribution in [3.63, 3.8) is 0 Å². The third kappa shape index (κ3) is 2.96. The monoisotopic (exact) mass is 298 g/mol. The number of alkyl halides is 3. The molecule has 2 aromatic rings.